The van der Waals surface area contributed by atoms with Gasteiger partial charge in [0, 0.05) is 13.7 Å². The third kappa shape index (κ3) is 9.15. The third-order valence-corrected chi connectivity index (χ3v) is 2.35. The van der Waals surface area contributed by atoms with E-state index in [4.69, 9.17) is 9.84 Å². The average molecular weight is 289 g/mol. The van der Waals surface area contributed by atoms with Gasteiger partial charge in [-0.25, -0.2) is 9.59 Å². The minimum absolute atomic E-state index is 0.133. The molecule has 0 aliphatic carbocycles. The van der Waals surface area contributed by atoms with E-state index >= 15 is 0 Å². The third-order valence-electron chi connectivity index (χ3n) is 2.35. The fraction of sp³-hybridized carbons (Fsp3) is 0.750. The highest BCUT2D eigenvalue weighted by molar-refractivity contribution is 5.86. The van der Waals surface area contributed by atoms with Crippen LogP contribution in [0.25, 0.3) is 0 Å². The highest BCUT2D eigenvalue weighted by atomic mass is 16.5. The first-order chi connectivity index (χ1) is 9.36. The zero-order valence-electron chi connectivity index (χ0n) is 12.1. The zero-order valence-corrected chi connectivity index (χ0v) is 12.1. The van der Waals surface area contributed by atoms with Crippen LogP contribution in [0, 0.1) is 5.92 Å². The molecule has 0 rings (SSSR count). The van der Waals surface area contributed by atoms with Crippen molar-refractivity contribution in [3.63, 3.8) is 0 Å². The van der Waals surface area contributed by atoms with E-state index in [1.54, 1.807) is 0 Å². The number of aliphatic carboxylic acids is 1. The van der Waals surface area contributed by atoms with Crippen LogP contribution < -0.4 is 16.0 Å². The Morgan fingerprint density at radius 1 is 1.20 bits per heavy atom. The smallest absolute Gasteiger partial charge is 0.326 e. The van der Waals surface area contributed by atoms with Gasteiger partial charge in [0.2, 0.25) is 5.91 Å². The Morgan fingerprint density at radius 2 is 1.85 bits per heavy atom. The molecule has 0 heterocycles. The molecular weight excluding hydrogens is 266 g/mol. The minimum Gasteiger partial charge on any atom is -0.480 e. The molecule has 1 atom stereocenters. The largest absolute Gasteiger partial charge is 0.480 e. The van der Waals surface area contributed by atoms with E-state index in [0.29, 0.717) is 19.6 Å². The highest BCUT2D eigenvalue weighted by Gasteiger charge is 2.21. The molecule has 0 fully saturated rings. The van der Waals surface area contributed by atoms with Crippen LogP contribution in [0.5, 0.6) is 0 Å². The van der Waals surface area contributed by atoms with Crippen LogP contribution >= 0.6 is 0 Å². The molecule has 116 valence electrons. The van der Waals surface area contributed by atoms with E-state index in [1.165, 1.54) is 7.11 Å². The molecular formula is C12H23N3O5. The lowest BCUT2D eigenvalue weighted by molar-refractivity contribution is -0.139. The second-order valence-corrected chi connectivity index (χ2v) is 4.69. The monoisotopic (exact) mass is 289 g/mol. The molecule has 0 saturated carbocycles. The first kappa shape index (κ1) is 18.2. The van der Waals surface area contributed by atoms with Crippen LogP contribution in [0.1, 0.15) is 20.3 Å². The van der Waals surface area contributed by atoms with Crippen molar-refractivity contribution < 1.29 is 24.2 Å². The van der Waals surface area contributed by atoms with Gasteiger partial charge in [-0.15, -0.1) is 0 Å². The molecule has 0 aliphatic heterocycles. The number of urea groups is 1. The Labute approximate surface area is 118 Å². The van der Waals surface area contributed by atoms with Crippen LogP contribution in [0.15, 0.2) is 0 Å². The van der Waals surface area contributed by atoms with Crippen molar-refractivity contribution in [3.05, 3.63) is 0 Å². The number of amides is 3. The Bertz CT molecular complexity index is 333. The number of carboxylic acid groups (broad SMARTS) is 1. The van der Waals surface area contributed by atoms with Gasteiger partial charge >= 0.3 is 12.0 Å². The predicted octanol–water partition coefficient (Wildman–Crippen LogP) is -0.452. The summed E-state index contributed by atoms with van der Waals surface area (Å²) < 4.78 is 4.75. The summed E-state index contributed by atoms with van der Waals surface area (Å²) in [5.41, 5.74) is 0. The van der Waals surface area contributed by atoms with Crippen LogP contribution in [0.4, 0.5) is 4.79 Å². The molecule has 8 nitrogen and oxygen atoms in total. The Morgan fingerprint density at radius 3 is 2.35 bits per heavy atom. The summed E-state index contributed by atoms with van der Waals surface area (Å²) >= 11 is 0. The average Bonchev–Trinajstić information content (AvgIpc) is 2.35. The number of carboxylic acids is 1. The van der Waals surface area contributed by atoms with Crippen molar-refractivity contribution >= 4 is 17.9 Å². The summed E-state index contributed by atoms with van der Waals surface area (Å²) in [6.45, 7) is 4.23. The van der Waals surface area contributed by atoms with Crippen molar-refractivity contribution in [1.82, 2.24) is 16.0 Å². The van der Waals surface area contributed by atoms with Gasteiger partial charge < -0.3 is 25.8 Å². The Kier molecular flexibility index (Phi) is 9.10. The van der Waals surface area contributed by atoms with Gasteiger partial charge in [-0.3, -0.25) is 4.79 Å². The Hall–Kier alpha value is -1.83. The van der Waals surface area contributed by atoms with Crippen molar-refractivity contribution in [2.24, 2.45) is 5.92 Å². The molecule has 0 saturated heterocycles. The van der Waals surface area contributed by atoms with Gasteiger partial charge in [0.25, 0.3) is 0 Å². The molecule has 20 heavy (non-hydrogen) atoms. The first-order valence-electron chi connectivity index (χ1n) is 6.39. The summed E-state index contributed by atoms with van der Waals surface area (Å²) in [7, 11) is 1.51. The first-order valence-corrected chi connectivity index (χ1v) is 6.39. The standard InChI is InChI=1S/C12H23N3O5/c1-8(2)6-9(11(17)18)15-12(19)14-7-10(16)13-4-5-20-3/h8-9H,4-7H2,1-3H3,(H,13,16)(H,17,18)(H2,14,15,19). The normalized spacial score (nSPS) is 11.8. The van der Waals surface area contributed by atoms with Crippen molar-refractivity contribution in [2.45, 2.75) is 26.3 Å². The second-order valence-electron chi connectivity index (χ2n) is 4.69. The number of ether oxygens (including phenoxy) is 1. The molecule has 4 N–H and O–H groups in total. The molecule has 0 bridgehead atoms. The van der Waals surface area contributed by atoms with Gasteiger partial charge in [0.1, 0.15) is 6.04 Å². The van der Waals surface area contributed by atoms with Crippen molar-refractivity contribution in [1.29, 1.82) is 0 Å². The predicted molar refractivity (Wildman–Crippen MR) is 72.3 cm³/mol. The lowest BCUT2D eigenvalue weighted by Gasteiger charge is -2.16. The summed E-state index contributed by atoms with van der Waals surface area (Å²) in [6, 6.07) is -1.65. The maximum absolute atomic E-state index is 11.5. The lowest BCUT2D eigenvalue weighted by Crippen LogP contribution is -2.49. The maximum Gasteiger partial charge on any atom is 0.326 e. The number of nitrogens with one attached hydrogen (secondary N) is 3. The van der Waals surface area contributed by atoms with Crippen LogP contribution in [-0.4, -0.2) is 55.9 Å². The van der Waals surface area contributed by atoms with Crippen LogP contribution in [-0.2, 0) is 14.3 Å². The molecule has 0 spiro atoms. The van der Waals surface area contributed by atoms with E-state index in [9.17, 15) is 14.4 Å². The summed E-state index contributed by atoms with van der Waals surface area (Å²) in [5, 5.41) is 16.1. The van der Waals surface area contributed by atoms with E-state index in [0.717, 1.165) is 0 Å². The molecule has 0 radical (unpaired) electrons. The number of rotatable bonds is 9. The van der Waals surface area contributed by atoms with Crippen molar-refractivity contribution in [3.8, 4) is 0 Å². The van der Waals surface area contributed by atoms with Crippen molar-refractivity contribution in [2.75, 3.05) is 26.8 Å². The summed E-state index contributed by atoms with van der Waals surface area (Å²) in [5.74, 6) is -1.33. The number of methoxy groups -OCH3 is 1. The highest BCUT2D eigenvalue weighted by Crippen LogP contribution is 2.04. The topological polar surface area (TPSA) is 117 Å². The molecule has 3 amide bonds. The number of hydrogen-bond acceptors (Lipinski definition) is 4. The van der Waals surface area contributed by atoms with Crippen LogP contribution in [0.3, 0.4) is 0 Å². The summed E-state index contributed by atoms with van der Waals surface area (Å²) in [4.78, 5) is 33.7. The second kappa shape index (κ2) is 10.0. The molecule has 0 aromatic heterocycles. The Balaban J connectivity index is 4.01. The molecule has 1 unspecified atom stereocenters. The van der Waals surface area contributed by atoms with E-state index in [1.807, 2.05) is 13.8 Å². The SMILES string of the molecule is COCCNC(=O)CNC(=O)NC(CC(C)C)C(=O)O. The lowest BCUT2D eigenvalue weighted by atomic mass is 10.0. The maximum atomic E-state index is 11.5. The molecule has 0 aromatic carbocycles. The van der Waals surface area contributed by atoms with E-state index in [2.05, 4.69) is 16.0 Å². The van der Waals surface area contributed by atoms with Gasteiger partial charge in [-0.2, -0.15) is 0 Å². The molecule has 8 heteroatoms. The van der Waals surface area contributed by atoms with Crippen LogP contribution in [0.2, 0.25) is 0 Å². The fourth-order valence-corrected chi connectivity index (χ4v) is 1.42. The van der Waals surface area contributed by atoms with Gasteiger partial charge in [0.05, 0.1) is 13.2 Å². The van der Waals surface area contributed by atoms with E-state index < -0.39 is 18.0 Å². The number of carbonyl (C=O) groups is 3. The quantitative estimate of drug-likeness (QED) is 0.429. The fourth-order valence-electron chi connectivity index (χ4n) is 1.42. The van der Waals surface area contributed by atoms with Gasteiger partial charge in [-0.1, -0.05) is 13.8 Å². The van der Waals surface area contributed by atoms with Gasteiger partial charge in [0.15, 0.2) is 0 Å². The molecule has 0 aromatic rings. The van der Waals surface area contributed by atoms with E-state index in [-0.39, 0.29) is 18.4 Å². The zero-order chi connectivity index (χ0) is 15.5. The number of carbonyl (C=O) groups excluding carboxylic acids is 2. The number of hydrogen-bond donors (Lipinski definition) is 4. The molecule has 0 aliphatic rings. The van der Waals surface area contributed by atoms with Gasteiger partial charge in [-0.05, 0) is 12.3 Å². The minimum atomic E-state index is -1.10. The summed E-state index contributed by atoms with van der Waals surface area (Å²) in [6.07, 6.45) is 0.322.